The molecule has 1 heterocycles. The van der Waals surface area contributed by atoms with Gasteiger partial charge in [0.05, 0.1) is 29.1 Å². The van der Waals surface area contributed by atoms with Crippen molar-refractivity contribution in [2.24, 2.45) is 0 Å². The summed E-state index contributed by atoms with van der Waals surface area (Å²) in [6.07, 6.45) is 3.58. The first-order valence-electron chi connectivity index (χ1n) is 15.1. The normalized spacial score (nSPS) is 13.0. The van der Waals surface area contributed by atoms with Gasteiger partial charge >= 0.3 is 0 Å². The number of hydrogen-bond donors (Lipinski definition) is 1. The first kappa shape index (κ1) is 29.5. The summed E-state index contributed by atoms with van der Waals surface area (Å²) >= 11 is 0. The number of para-hydroxylation sites is 2. The minimum absolute atomic E-state index is 0.0161. The number of carbonyl (C=O) groups is 3. The number of carbonyl (C=O) groups excluding carboxylic acids is 3. The fraction of sp³-hybridized carbons (Fsp3) is 0.158. The number of rotatable bonds is 11. The van der Waals surface area contributed by atoms with E-state index in [2.05, 4.69) is 5.32 Å². The quantitative estimate of drug-likeness (QED) is 0.158. The maximum Gasteiger partial charge on any atom is 0.259 e. The van der Waals surface area contributed by atoms with E-state index in [0.717, 1.165) is 40.5 Å². The SMILES string of the molecule is CCCN(CCC=O)C(=O)C1c2ccccc2-c2cccc(-c3ccc(NC(=O)c4ccccc4Oc4ccccc4)cn3)c21. The molecule has 5 aromatic rings. The van der Waals surface area contributed by atoms with Crippen LogP contribution in [-0.2, 0) is 9.59 Å². The third-order valence-corrected chi connectivity index (χ3v) is 7.93. The number of aldehydes is 1. The minimum atomic E-state index is -0.507. The molecule has 0 saturated heterocycles. The summed E-state index contributed by atoms with van der Waals surface area (Å²) in [7, 11) is 0. The first-order chi connectivity index (χ1) is 22.1. The Kier molecular flexibility index (Phi) is 8.78. The summed E-state index contributed by atoms with van der Waals surface area (Å²) < 4.78 is 5.97. The Morgan fingerprint density at radius 1 is 0.822 bits per heavy atom. The van der Waals surface area contributed by atoms with Gasteiger partial charge in [-0.05, 0) is 65.1 Å². The lowest BCUT2D eigenvalue weighted by atomic mass is 9.90. The molecule has 4 aromatic carbocycles. The Hall–Kier alpha value is -5.56. The lowest BCUT2D eigenvalue weighted by Gasteiger charge is -2.26. The van der Waals surface area contributed by atoms with E-state index >= 15 is 0 Å². The second-order valence-corrected chi connectivity index (χ2v) is 10.9. The van der Waals surface area contributed by atoms with E-state index in [9.17, 15) is 14.4 Å². The average Bonchev–Trinajstić information content (AvgIpc) is 3.42. The van der Waals surface area contributed by atoms with Crippen LogP contribution >= 0.6 is 0 Å². The molecule has 1 N–H and O–H groups in total. The molecule has 0 aliphatic heterocycles. The van der Waals surface area contributed by atoms with E-state index in [4.69, 9.17) is 9.72 Å². The zero-order valence-corrected chi connectivity index (χ0v) is 25.0. The number of pyridine rings is 1. The topological polar surface area (TPSA) is 88.6 Å². The molecule has 1 aliphatic carbocycles. The monoisotopic (exact) mass is 595 g/mol. The van der Waals surface area contributed by atoms with Gasteiger partial charge in [0, 0.05) is 25.1 Å². The maximum atomic E-state index is 14.1. The van der Waals surface area contributed by atoms with E-state index < -0.39 is 5.92 Å². The second kappa shape index (κ2) is 13.4. The number of amides is 2. The van der Waals surface area contributed by atoms with E-state index in [-0.39, 0.29) is 11.8 Å². The van der Waals surface area contributed by atoms with Crippen molar-refractivity contribution in [3.8, 4) is 33.9 Å². The van der Waals surface area contributed by atoms with Crippen molar-refractivity contribution in [2.45, 2.75) is 25.7 Å². The predicted octanol–water partition coefficient (Wildman–Crippen LogP) is 7.73. The van der Waals surface area contributed by atoms with E-state index in [0.29, 0.717) is 48.0 Å². The molecule has 1 aromatic heterocycles. The van der Waals surface area contributed by atoms with Gasteiger partial charge in [0.2, 0.25) is 5.91 Å². The molecule has 7 nitrogen and oxygen atoms in total. The Morgan fingerprint density at radius 2 is 1.56 bits per heavy atom. The van der Waals surface area contributed by atoms with Crippen LogP contribution in [-0.4, -0.2) is 41.1 Å². The number of hydrogen-bond acceptors (Lipinski definition) is 5. The number of nitrogens with zero attached hydrogens (tertiary/aromatic N) is 2. The van der Waals surface area contributed by atoms with Crippen LogP contribution in [0.3, 0.4) is 0 Å². The van der Waals surface area contributed by atoms with Crippen LogP contribution in [0.1, 0.15) is 47.2 Å². The Morgan fingerprint density at radius 3 is 2.33 bits per heavy atom. The number of fused-ring (bicyclic) bond motifs is 3. The van der Waals surface area contributed by atoms with Crippen LogP contribution in [0.5, 0.6) is 11.5 Å². The van der Waals surface area contributed by atoms with Gasteiger partial charge in [0.15, 0.2) is 0 Å². The highest BCUT2D eigenvalue weighted by molar-refractivity contribution is 6.06. The van der Waals surface area contributed by atoms with Gasteiger partial charge in [-0.3, -0.25) is 14.6 Å². The third kappa shape index (κ3) is 6.10. The molecule has 1 atom stereocenters. The number of benzene rings is 4. The van der Waals surface area contributed by atoms with Crippen LogP contribution in [0.15, 0.2) is 115 Å². The van der Waals surface area contributed by atoms with Crippen LogP contribution in [0.4, 0.5) is 5.69 Å². The molecule has 45 heavy (non-hydrogen) atoms. The standard InChI is InChI=1S/C38H33N3O4/c1-2-22-41(23-11-24-42)38(44)36-30-15-7-6-14-28(30)29-17-10-18-31(35(29)36)33-21-20-26(25-39-33)40-37(43)32-16-8-9-19-34(32)45-27-12-4-3-5-13-27/h3-10,12-21,24-25,36H,2,11,22-23H2,1H3,(H,40,43). The van der Waals surface area contributed by atoms with Gasteiger partial charge < -0.3 is 19.7 Å². The lowest BCUT2D eigenvalue weighted by Crippen LogP contribution is -2.36. The largest absolute Gasteiger partial charge is 0.457 e. The second-order valence-electron chi connectivity index (χ2n) is 10.9. The van der Waals surface area contributed by atoms with Crippen molar-refractivity contribution < 1.29 is 19.1 Å². The Labute approximate surface area is 262 Å². The van der Waals surface area contributed by atoms with E-state index in [1.165, 1.54) is 0 Å². The van der Waals surface area contributed by atoms with Crippen molar-refractivity contribution in [1.82, 2.24) is 9.88 Å². The molecular weight excluding hydrogens is 562 g/mol. The Bertz CT molecular complexity index is 1840. The minimum Gasteiger partial charge on any atom is -0.457 e. The smallest absolute Gasteiger partial charge is 0.259 e. The molecule has 0 spiro atoms. The maximum absolute atomic E-state index is 14.1. The van der Waals surface area contributed by atoms with E-state index in [1.54, 1.807) is 29.3 Å². The van der Waals surface area contributed by atoms with E-state index in [1.807, 2.05) is 97.9 Å². The molecule has 6 rings (SSSR count). The summed E-state index contributed by atoms with van der Waals surface area (Å²) in [5.41, 5.74) is 6.37. The fourth-order valence-electron chi connectivity index (χ4n) is 5.92. The van der Waals surface area contributed by atoms with Crippen molar-refractivity contribution in [1.29, 1.82) is 0 Å². The highest BCUT2D eigenvalue weighted by Crippen LogP contribution is 2.49. The highest BCUT2D eigenvalue weighted by Gasteiger charge is 2.38. The molecule has 1 aliphatic rings. The van der Waals surface area contributed by atoms with Crippen LogP contribution < -0.4 is 10.1 Å². The van der Waals surface area contributed by atoms with Gasteiger partial charge in [0.1, 0.15) is 17.8 Å². The number of ether oxygens (including phenoxy) is 1. The molecule has 2 amide bonds. The van der Waals surface area contributed by atoms with Crippen LogP contribution in [0.2, 0.25) is 0 Å². The molecule has 0 saturated carbocycles. The zero-order chi connectivity index (χ0) is 31.2. The zero-order valence-electron chi connectivity index (χ0n) is 25.0. The van der Waals surface area contributed by atoms with Crippen LogP contribution in [0, 0.1) is 0 Å². The Balaban J connectivity index is 1.29. The molecule has 0 bridgehead atoms. The van der Waals surface area contributed by atoms with Crippen molar-refractivity contribution in [3.63, 3.8) is 0 Å². The molecular formula is C38H33N3O4. The predicted molar refractivity (Wildman–Crippen MR) is 175 cm³/mol. The van der Waals surface area contributed by atoms with Gasteiger partial charge in [-0.1, -0.05) is 79.7 Å². The van der Waals surface area contributed by atoms with Gasteiger partial charge in [-0.25, -0.2) is 0 Å². The first-order valence-corrected chi connectivity index (χ1v) is 15.1. The molecule has 1 unspecified atom stereocenters. The summed E-state index contributed by atoms with van der Waals surface area (Å²) in [5.74, 6) is 0.250. The van der Waals surface area contributed by atoms with Gasteiger partial charge in [0.25, 0.3) is 5.91 Å². The number of anilines is 1. The summed E-state index contributed by atoms with van der Waals surface area (Å²) in [4.78, 5) is 45.1. The summed E-state index contributed by atoms with van der Waals surface area (Å²) in [5, 5.41) is 2.93. The number of nitrogens with one attached hydrogen (secondary N) is 1. The lowest BCUT2D eigenvalue weighted by molar-refractivity contribution is -0.132. The average molecular weight is 596 g/mol. The van der Waals surface area contributed by atoms with Crippen molar-refractivity contribution >= 4 is 23.8 Å². The molecule has 0 radical (unpaired) electrons. The van der Waals surface area contributed by atoms with Crippen molar-refractivity contribution in [3.05, 3.63) is 132 Å². The van der Waals surface area contributed by atoms with Gasteiger partial charge in [-0.15, -0.1) is 0 Å². The fourth-order valence-corrected chi connectivity index (χ4v) is 5.92. The summed E-state index contributed by atoms with van der Waals surface area (Å²) in [6, 6.07) is 34.1. The number of aromatic nitrogens is 1. The van der Waals surface area contributed by atoms with Gasteiger partial charge in [-0.2, -0.15) is 0 Å². The highest BCUT2D eigenvalue weighted by atomic mass is 16.5. The van der Waals surface area contributed by atoms with Crippen molar-refractivity contribution in [2.75, 3.05) is 18.4 Å². The third-order valence-electron chi connectivity index (χ3n) is 7.93. The summed E-state index contributed by atoms with van der Waals surface area (Å²) in [6.45, 7) is 3.00. The molecule has 7 heteroatoms. The molecule has 224 valence electrons. The van der Waals surface area contributed by atoms with Crippen LogP contribution in [0.25, 0.3) is 22.4 Å². The molecule has 0 fully saturated rings.